The summed E-state index contributed by atoms with van der Waals surface area (Å²) in [6.45, 7) is 0. The largest absolute Gasteiger partial charge is 0.497 e. The van der Waals surface area contributed by atoms with Crippen LogP contribution in [0, 0.1) is 0 Å². The van der Waals surface area contributed by atoms with E-state index in [9.17, 15) is 0 Å². The monoisotopic (exact) mass is 358 g/mol. The molecule has 0 N–H and O–H groups in total. The van der Waals surface area contributed by atoms with Gasteiger partial charge in [-0.3, -0.25) is 0 Å². The number of hydrogen-bond acceptors (Lipinski definition) is 4. The second kappa shape index (κ2) is 5.46. The molecular formula is C11H8Br2N2O2. The number of ether oxygens (including phenoxy) is 2. The van der Waals surface area contributed by atoms with Crippen LogP contribution in [0.25, 0.3) is 0 Å². The van der Waals surface area contributed by atoms with Crippen LogP contribution in [0.5, 0.6) is 17.4 Å². The Morgan fingerprint density at radius 2 is 1.94 bits per heavy atom. The Hall–Kier alpha value is -1.14. The summed E-state index contributed by atoms with van der Waals surface area (Å²) in [5.74, 6) is 1.89. The summed E-state index contributed by atoms with van der Waals surface area (Å²) >= 11 is 6.66. The lowest BCUT2D eigenvalue weighted by Crippen LogP contribution is -1.90. The van der Waals surface area contributed by atoms with Crippen molar-refractivity contribution in [3.05, 3.63) is 39.7 Å². The molecule has 6 heteroatoms. The van der Waals surface area contributed by atoms with E-state index >= 15 is 0 Å². The number of benzene rings is 1. The molecule has 0 fully saturated rings. The van der Waals surface area contributed by atoms with Crippen LogP contribution in [-0.2, 0) is 0 Å². The smallest absolute Gasteiger partial charge is 0.223 e. The molecule has 0 aliphatic heterocycles. The van der Waals surface area contributed by atoms with Crippen molar-refractivity contribution >= 4 is 31.9 Å². The first-order valence-corrected chi connectivity index (χ1v) is 6.26. The van der Waals surface area contributed by atoms with Gasteiger partial charge in [0.1, 0.15) is 22.4 Å². The van der Waals surface area contributed by atoms with E-state index in [1.165, 1.54) is 6.33 Å². The molecule has 0 atom stereocenters. The van der Waals surface area contributed by atoms with Crippen LogP contribution in [0.4, 0.5) is 0 Å². The van der Waals surface area contributed by atoms with E-state index in [1.54, 1.807) is 19.2 Å². The number of methoxy groups -OCH3 is 1. The number of nitrogens with zero attached hydrogens (tertiary/aromatic N) is 2. The zero-order valence-electron chi connectivity index (χ0n) is 8.85. The molecule has 1 aromatic heterocycles. The number of hydrogen-bond donors (Lipinski definition) is 0. The average molecular weight is 360 g/mol. The summed E-state index contributed by atoms with van der Waals surface area (Å²) in [4.78, 5) is 7.93. The van der Waals surface area contributed by atoms with Gasteiger partial charge in [0.25, 0.3) is 0 Å². The Kier molecular flexibility index (Phi) is 3.96. The number of rotatable bonds is 3. The molecule has 2 aromatic rings. The summed E-state index contributed by atoms with van der Waals surface area (Å²) < 4.78 is 12.2. The summed E-state index contributed by atoms with van der Waals surface area (Å²) in [5, 5.41) is 0. The molecule has 0 spiro atoms. The van der Waals surface area contributed by atoms with Gasteiger partial charge in [0.2, 0.25) is 5.88 Å². The topological polar surface area (TPSA) is 44.2 Å². The maximum Gasteiger partial charge on any atom is 0.223 e. The third kappa shape index (κ3) is 3.17. The molecule has 17 heavy (non-hydrogen) atoms. The maximum absolute atomic E-state index is 5.61. The highest BCUT2D eigenvalue weighted by Gasteiger charge is 2.05. The summed E-state index contributed by atoms with van der Waals surface area (Å²) in [6.07, 6.45) is 1.43. The second-order valence-electron chi connectivity index (χ2n) is 3.08. The van der Waals surface area contributed by atoms with Crippen molar-refractivity contribution in [2.75, 3.05) is 7.11 Å². The lowest BCUT2D eigenvalue weighted by atomic mass is 10.3. The molecule has 4 nitrogen and oxygen atoms in total. The third-order valence-corrected chi connectivity index (χ3v) is 3.02. The molecule has 0 aliphatic rings. The molecule has 0 unspecified atom stereocenters. The SMILES string of the molecule is COc1ccc(Oc2cc(Br)ncn2)c(Br)c1. The van der Waals surface area contributed by atoms with Crippen molar-refractivity contribution in [1.82, 2.24) is 9.97 Å². The van der Waals surface area contributed by atoms with Crippen molar-refractivity contribution in [1.29, 1.82) is 0 Å². The fourth-order valence-corrected chi connectivity index (χ4v) is 1.90. The van der Waals surface area contributed by atoms with Gasteiger partial charge >= 0.3 is 0 Å². The van der Waals surface area contributed by atoms with Gasteiger partial charge in [0, 0.05) is 6.07 Å². The van der Waals surface area contributed by atoms with Crippen LogP contribution >= 0.6 is 31.9 Å². The minimum absolute atomic E-state index is 0.470. The van der Waals surface area contributed by atoms with Gasteiger partial charge in [-0.1, -0.05) is 0 Å². The van der Waals surface area contributed by atoms with Crippen LogP contribution in [0.15, 0.2) is 39.7 Å². The van der Waals surface area contributed by atoms with Crippen LogP contribution in [0.3, 0.4) is 0 Å². The Morgan fingerprint density at radius 1 is 1.12 bits per heavy atom. The van der Waals surface area contributed by atoms with Crippen molar-refractivity contribution < 1.29 is 9.47 Å². The lowest BCUT2D eigenvalue weighted by molar-refractivity contribution is 0.411. The van der Waals surface area contributed by atoms with E-state index in [0.717, 1.165) is 10.2 Å². The van der Waals surface area contributed by atoms with Gasteiger partial charge in [0.15, 0.2) is 0 Å². The van der Waals surface area contributed by atoms with Gasteiger partial charge in [-0.25, -0.2) is 9.97 Å². The molecule has 0 aliphatic carbocycles. The van der Waals surface area contributed by atoms with Crippen LogP contribution in [-0.4, -0.2) is 17.1 Å². The Bertz CT molecular complexity index is 535. The standard InChI is InChI=1S/C11H8Br2N2O2/c1-16-7-2-3-9(8(12)4-7)17-11-5-10(13)14-6-15-11/h2-6H,1H3. The minimum Gasteiger partial charge on any atom is -0.497 e. The van der Waals surface area contributed by atoms with E-state index in [1.807, 2.05) is 12.1 Å². The van der Waals surface area contributed by atoms with Gasteiger partial charge < -0.3 is 9.47 Å². The highest BCUT2D eigenvalue weighted by Crippen LogP contribution is 2.32. The zero-order valence-corrected chi connectivity index (χ0v) is 12.0. The lowest BCUT2D eigenvalue weighted by Gasteiger charge is -2.08. The first-order chi connectivity index (χ1) is 8.19. The molecule has 0 amide bonds. The summed E-state index contributed by atoms with van der Waals surface area (Å²) in [6, 6.07) is 7.14. The Morgan fingerprint density at radius 3 is 2.59 bits per heavy atom. The normalized spacial score (nSPS) is 10.1. The van der Waals surface area contributed by atoms with E-state index in [4.69, 9.17) is 9.47 Å². The van der Waals surface area contributed by atoms with Crippen LogP contribution in [0.2, 0.25) is 0 Å². The molecule has 0 saturated heterocycles. The maximum atomic E-state index is 5.61. The van der Waals surface area contributed by atoms with Crippen molar-refractivity contribution in [3.63, 3.8) is 0 Å². The highest BCUT2D eigenvalue weighted by atomic mass is 79.9. The van der Waals surface area contributed by atoms with E-state index in [2.05, 4.69) is 41.8 Å². The second-order valence-corrected chi connectivity index (χ2v) is 4.74. The molecule has 2 rings (SSSR count). The van der Waals surface area contributed by atoms with Gasteiger partial charge in [-0.05, 0) is 50.1 Å². The summed E-state index contributed by atoms with van der Waals surface area (Å²) in [7, 11) is 1.61. The molecule has 1 heterocycles. The van der Waals surface area contributed by atoms with Gasteiger partial charge in [0.05, 0.1) is 11.6 Å². The number of halogens is 2. The minimum atomic E-state index is 0.470. The van der Waals surface area contributed by atoms with E-state index < -0.39 is 0 Å². The van der Waals surface area contributed by atoms with Crippen LogP contribution < -0.4 is 9.47 Å². The predicted octanol–water partition coefficient (Wildman–Crippen LogP) is 3.80. The first-order valence-electron chi connectivity index (χ1n) is 4.68. The highest BCUT2D eigenvalue weighted by molar-refractivity contribution is 9.10. The molecule has 0 radical (unpaired) electrons. The predicted molar refractivity (Wildman–Crippen MR) is 70.5 cm³/mol. The van der Waals surface area contributed by atoms with Crippen LogP contribution in [0.1, 0.15) is 0 Å². The van der Waals surface area contributed by atoms with Crippen molar-refractivity contribution in [2.45, 2.75) is 0 Å². The number of aromatic nitrogens is 2. The quantitative estimate of drug-likeness (QED) is 0.782. The Labute approximate surface area is 115 Å². The zero-order chi connectivity index (χ0) is 12.3. The summed E-state index contributed by atoms with van der Waals surface area (Å²) in [5.41, 5.74) is 0. The Balaban J connectivity index is 2.24. The molecule has 0 bridgehead atoms. The molecule has 0 saturated carbocycles. The van der Waals surface area contributed by atoms with Crippen molar-refractivity contribution in [3.8, 4) is 17.4 Å². The molecule has 88 valence electrons. The van der Waals surface area contributed by atoms with Crippen molar-refractivity contribution in [2.24, 2.45) is 0 Å². The average Bonchev–Trinajstić information content (AvgIpc) is 2.32. The molecular weight excluding hydrogens is 352 g/mol. The third-order valence-electron chi connectivity index (χ3n) is 1.96. The van der Waals surface area contributed by atoms with E-state index in [-0.39, 0.29) is 0 Å². The molecule has 1 aromatic carbocycles. The fourth-order valence-electron chi connectivity index (χ4n) is 1.18. The van der Waals surface area contributed by atoms with Gasteiger partial charge in [-0.2, -0.15) is 0 Å². The van der Waals surface area contributed by atoms with Gasteiger partial charge in [-0.15, -0.1) is 0 Å². The fraction of sp³-hybridized carbons (Fsp3) is 0.0909. The first kappa shape index (κ1) is 12.3. The van der Waals surface area contributed by atoms with E-state index in [0.29, 0.717) is 16.2 Å².